The molecule has 1 aromatic carbocycles. The van der Waals surface area contributed by atoms with E-state index in [4.69, 9.17) is 0 Å². The van der Waals surface area contributed by atoms with Gasteiger partial charge in [-0.15, -0.1) is 12.4 Å². The molecule has 0 saturated heterocycles. The van der Waals surface area contributed by atoms with Gasteiger partial charge in [0.25, 0.3) is 0 Å². The van der Waals surface area contributed by atoms with Crippen LogP contribution in [0.4, 0.5) is 0 Å². The first-order valence-corrected chi connectivity index (χ1v) is 8.57. The molecule has 1 aromatic rings. The minimum absolute atomic E-state index is 0. The molecular formula is C19H30ClNO. The molecular weight excluding hydrogens is 294 g/mol. The number of hydrogen-bond acceptors (Lipinski definition) is 2. The molecule has 3 heteroatoms. The topological polar surface area (TPSA) is 32.3 Å². The molecule has 0 spiro atoms. The lowest BCUT2D eigenvalue weighted by molar-refractivity contribution is 0.135. The van der Waals surface area contributed by atoms with Gasteiger partial charge in [0.15, 0.2) is 0 Å². The molecule has 0 aliphatic heterocycles. The van der Waals surface area contributed by atoms with Crippen LogP contribution in [0.5, 0.6) is 5.75 Å². The Labute approximate surface area is 141 Å². The first-order valence-electron chi connectivity index (χ1n) is 8.57. The molecule has 2 aliphatic carbocycles. The van der Waals surface area contributed by atoms with E-state index in [0.717, 1.165) is 18.5 Å². The highest BCUT2D eigenvalue weighted by molar-refractivity contribution is 5.85. The van der Waals surface area contributed by atoms with Gasteiger partial charge in [0.1, 0.15) is 5.75 Å². The Kier molecular flexibility index (Phi) is 5.13. The van der Waals surface area contributed by atoms with Gasteiger partial charge in [-0.05, 0) is 67.7 Å². The number of hydrogen-bond donors (Lipinski definition) is 2. The summed E-state index contributed by atoms with van der Waals surface area (Å²) < 4.78 is 0. The third-order valence-corrected chi connectivity index (χ3v) is 5.93. The van der Waals surface area contributed by atoms with E-state index in [-0.39, 0.29) is 17.8 Å². The highest BCUT2D eigenvalue weighted by Gasteiger charge is 2.52. The minimum atomic E-state index is 0. The largest absolute Gasteiger partial charge is 0.507 e. The lowest BCUT2D eigenvalue weighted by Crippen LogP contribution is -2.37. The van der Waals surface area contributed by atoms with Gasteiger partial charge < -0.3 is 10.4 Å². The second kappa shape index (κ2) is 6.41. The molecule has 0 amide bonds. The van der Waals surface area contributed by atoms with E-state index in [1.807, 2.05) is 6.92 Å². The molecule has 2 nitrogen and oxygen atoms in total. The molecule has 124 valence electrons. The second-order valence-corrected chi connectivity index (χ2v) is 7.38. The maximum Gasteiger partial charge on any atom is 0.123 e. The monoisotopic (exact) mass is 323 g/mol. The zero-order chi connectivity index (χ0) is 15.2. The molecule has 1 fully saturated rings. The van der Waals surface area contributed by atoms with Gasteiger partial charge in [-0.3, -0.25) is 0 Å². The van der Waals surface area contributed by atoms with E-state index in [1.165, 1.54) is 42.4 Å². The van der Waals surface area contributed by atoms with E-state index < -0.39 is 0 Å². The van der Waals surface area contributed by atoms with Crippen LogP contribution in [-0.4, -0.2) is 11.7 Å². The van der Waals surface area contributed by atoms with Crippen molar-refractivity contribution in [3.05, 3.63) is 28.3 Å². The van der Waals surface area contributed by atoms with E-state index in [9.17, 15) is 5.11 Å². The number of rotatable bonds is 3. The van der Waals surface area contributed by atoms with Crippen molar-refractivity contribution < 1.29 is 5.11 Å². The average molecular weight is 324 g/mol. The number of benzene rings is 1. The number of phenolic OH excluding ortho intramolecular Hbond substituents is 1. The van der Waals surface area contributed by atoms with E-state index >= 15 is 0 Å². The predicted molar refractivity (Wildman–Crippen MR) is 95.2 cm³/mol. The number of phenols is 1. The fourth-order valence-electron chi connectivity index (χ4n) is 4.91. The van der Waals surface area contributed by atoms with Crippen LogP contribution >= 0.6 is 12.4 Å². The van der Waals surface area contributed by atoms with Gasteiger partial charge in [0.2, 0.25) is 0 Å². The Morgan fingerprint density at radius 2 is 1.95 bits per heavy atom. The van der Waals surface area contributed by atoms with Crippen LogP contribution in [0.2, 0.25) is 0 Å². The minimum Gasteiger partial charge on any atom is -0.507 e. The maximum atomic E-state index is 10.7. The van der Waals surface area contributed by atoms with Crippen LogP contribution in [0.25, 0.3) is 0 Å². The van der Waals surface area contributed by atoms with Crippen molar-refractivity contribution >= 4 is 12.4 Å². The highest BCUT2D eigenvalue weighted by Crippen LogP contribution is 2.63. The molecule has 2 N–H and O–H groups in total. The van der Waals surface area contributed by atoms with Crippen LogP contribution in [0, 0.1) is 19.3 Å². The van der Waals surface area contributed by atoms with Crippen molar-refractivity contribution in [2.24, 2.45) is 5.41 Å². The third-order valence-electron chi connectivity index (χ3n) is 5.93. The van der Waals surface area contributed by atoms with E-state index in [2.05, 4.69) is 32.2 Å². The first kappa shape index (κ1) is 17.6. The molecule has 1 saturated carbocycles. The van der Waals surface area contributed by atoms with E-state index in [0.29, 0.717) is 17.7 Å². The van der Waals surface area contributed by atoms with Crippen molar-refractivity contribution in [2.75, 3.05) is 6.54 Å². The van der Waals surface area contributed by atoms with Gasteiger partial charge in [0, 0.05) is 11.6 Å². The predicted octanol–water partition coefficient (Wildman–Crippen LogP) is 5.15. The van der Waals surface area contributed by atoms with Gasteiger partial charge in [-0.25, -0.2) is 0 Å². The molecule has 0 aromatic heterocycles. The van der Waals surface area contributed by atoms with Crippen molar-refractivity contribution in [2.45, 2.75) is 71.8 Å². The van der Waals surface area contributed by atoms with Crippen molar-refractivity contribution in [1.29, 1.82) is 0 Å². The van der Waals surface area contributed by atoms with Gasteiger partial charge >= 0.3 is 0 Å². The van der Waals surface area contributed by atoms with Gasteiger partial charge in [-0.2, -0.15) is 0 Å². The Morgan fingerprint density at radius 3 is 2.64 bits per heavy atom. The summed E-state index contributed by atoms with van der Waals surface area (Å²) in [7, 11) is 0. The first-order chi connectivity index (χ1) is 10.0. The molecule has 2 aliphatic rings. The van der Waals surface area contributed by atoms with Gasteiger partial charge in [0.05, 0.1) is 0 Å². The third kappa shape index (κ3) is 2.45. The van der Waals surface area contributed by atoms with Crippen molar-refractivity contribution in [3.63, 3.8) is 0 Å². The van der Waals surface area contributed by atoms with Crippen LogP contribution in [0.15, 0.2) is 6.07 Å². The number of halogens is 1. The Hall–Kier alpha value is -0.730. The molecule has 3 atom stereocenters. The highest BCUT2D eigenvalue weighted by atomic mass is 35.5. The summed E-state index contributed by atoms with van der Waals surface area (Å²) in [4.78, 5) is 0. The lowest BCUT2D eigenvalue weighted by Gasteiger charge is -2.41. The lowest BCUT2D eigenvalue weighted by atomic mass is 9.66. The fourth-order valence-corrected chi connectivity index (χ4v) is 4.91. The molecule has 3 rings (SSSR count). The maximum absolute atomic E-state index is 10.7. The zero-order valence-electron chi connectivity index (χ0n) is 14.3. The van der Waals surface area contributed by atoms with Crippen LogP contribution in [0.3, 0.4) is 0 Å². The summed E-state index contributed by atoms with van der Waals surface area (Å²) in [5, 5.41) is 14.5. The van der Waals surface area contributed by atoms with Crippen LogP contribution in [0.1, 0.15) is 80.2 Å². The summed E-state index contributed by atoms with van der Waals surface area (Å²) >= 11 is 0. The summed E-state index contributed by atoms with van der Waals surface area (Å²) in [5.74, 6) is 1.15. The molecule has 3 unspecified atom stereocenters. The normalized spacial score (nSPS) is 29.6. The summed E-state index contributed by atoms with van der Waals surface area (Å²) in [6.45, 7) is 9.94. The summed E-state index contributed by atoms with van der Waals surface area (Å²) in [5.41, 5.74) is 5.34. The summed E-state index contributed by atoms with van der Waals surface area (Å²) in [6, 6.07) is 2.49. The van der Waals surface area contributed by atoms with Gasteiger partial charge in [-0.1, -0.05) is 32.8 Å². The second-order valence-electron chi connectivity index (χ2n) is 7.38. The number of aromatic hydroxyl groups is 1. The Morgan fingerprint density at radius 1 is 1.23 bits per heavy atom. The quantitative estimate of drug-likeness (QED) is 0.806. The van der Waals surface area contributed by atoms with E-state index in [1.54, 1.807) is 0 Å². The number of aryl methyl sites for hydroxylation is 2. The summed E-state index contributed by atoms with van der Waals surface area (Å²) in [6.07, 6.45) is 6.33. The molecule has 0 heterocycles. The number of nitrogens with one attached hydrogen (secondary N) is 1. The SMILES string of the molecule is CCCNC1c2c(O)c(C)cc(C)c2C2CCCCC21C.Cl. The zero-order valence-corrected chi connectivity index (χ0v) is 15.1. The molecule has 0 radical (unpaired) electrons. The molecule has 0 bridgehead atoms. The standard InChI is InChI=1S/C19H29NO.ClH/c1-5-10-20-18-16-15(12(2)11-13(3)17(16)21)14-8-6-7-9-19(14,18)4;/h11,14,18,20-21H,5-10H2,1-4H3;1H. The van der Waals surface area contributed by atoms with Crippen LogP contribution in [-0.2, 0) is 0 Å². The van der Waals surface area contributed by atoms with Crippen LogP contribution < -0.4 is 5.32 Å². The van der Waals surface area contributed by atoms with Crippen molar-refractivity contribution in [1.82, 2.24) is 5.32 Å². The molecule has 22 heavy (non-hydrogen) atoms. The smallest absolute Gasteiger partial charge is 0.123 e. The Bertz CT molecular complexity index is 557. The average Bonchev–Trinajstić information content (AvgIpc) is 2.72. The fraction of sp³-hybridized carbons (Fsp3) is 0.684. The Balaban J connectivity index is 0.00000176. The number of fused-ring (bicyclic) bond motifs is 3. The van der Waals surface area contributed by atoms with Crippen molar-refractivity contribution in [3.8, 4) is 5.75 Å².